The lowest BCUT2D eigenvalue weighted by atomic mass is 10.2. The molecule has 0 heterocycles. The summed E-state index contributed by atoms with van der Waals surface area (Å²) in [5.74, 6) is 1.10. The van der Waals surface area contributed by atoms with Crippen LogP contribution in [0.1, 0.15) is 11.1 Å². The summed E-state index contributed by atoms with van der Waals surface area (Å²) in [5, 5.41) is 13.2. The van der Waals surface area contributed by atoms with Crippen LogP contribution in [0.2, 0.25) is 5.02 Å². The number of phenols is 1. The Hall–Kier alpha value is -1.32. The minimum Gasteiger partial charge on any atom is -0.504 e. The monoisotopic (exact) mass is 478 g/mol. The van der Waals surface area contributed by atoms with Gasteiger partial charge in [-0.15, -0.1) is 0 Å². The standard InChI is InChI=1S/C16H16ClIN2O3S/c1-23-14-7-11(6-13(18)15(14)21)9-24-20-16(22)19-8-10-2-4-12(17)5-3-10/h2-7,21H,8-9H2,1H3,(H2,19,20,22). The molecule has 3 N–H and O–H groups in total. The zero-order valence-electron chi connectivity index (χ0n) is 12.8. The number of amides is 2. The van der Waals surface area contributed by atoms with Gasteiger partial charge in [0, 0.05) is 17.3 Å². The highest BCUT2D eigenvalue weighted by atomic mass is 127. The molecular formula is C16H16ClIN2O3S. The van der Waals surface area contributed by atoms with E-state index in [2.05, 4.69) is 10.0 Å². The third-order valence-corrected chi connectivity index (χ3v) is 4.96. The van der Waals surface area contributed by atoms with E-state index in [1.165, 1.54) is 19.1 Å². The molecule has 2 aromatic carbocycles. The van der Waals surface area contributed by atoms with Crippen molar-refractivity contribution < 1.29 is 14.6 Å². The summed E-state index contributed by atoms with van der Waals surface area (Å²) in [4.78, 5) is 11.8. The molecule has 8 heteroatoms. The van der Waals surface area contributed by atoms with Crippen molar-refractivity contribution in [2.24, 2.45) is 0 Å². The third kappa shape index (κ3) is 5.64. The van der Waals surface area contributed by atoms with Crippen LogP contribution < -0.4 is 14.8 Å². The third-order valence-electron chi connectivity index (χ3n) is 3.08. The van der Waals surface area contributed by atoms with Crippen LogP contribution in [0, 0.1) is 3.57 Å². The van der Waals surface area contributed by atoms with Gasteiger partial charge in [0.1, 0.15) is 0 Å². The summed E-state index contributed by atoms with van der Waals surface area (Å²) in [6.45, 7) is 0.425. The van der Waals surface area contributed by atoms with Gasteiger partial charge in [-0.1, -0.05) is 23.7 Å². The van der Waals surface area contributed by atoms with Gasteiger partial charge in [0.15, 0.2) is 11.5 Å². The highest BCUT2D eigenvalue weighted by Crippen LogP contribution is 2.33. The summed E-state index contributed by atoms with van der Waals surface area (Å²) < 4.78 is 8.54. The molecule has 0 saturated heterocycles. The molecule has 5 nitrogen and oxygen atoms in total. The molecule has 0 unspecified atom stereocenters. The SMILES string of the molecule is COc1cc(CSNC(=O)NCc2ccc(Cl)cc2)cc(I)c1O. The van der Waals surface area contributed by atoms with Crippen molar-refractivity contribution in [1.29, 1.82) is 0 Å². The molecule has 0 spiro atoms. The summed E-state index contributed by atoms with van der Waals surface area (Å²) in [6.07, 6.45) is 0. The molecule has 0 aliphatic carbocycles. The smallest absolute Gasteiger partial charge is 0.325 e. The van der Waals surface area contributed by atoms with Crippen LogP contribution in [0.5, 0.6) is 11.5 Å². The Labute approximate surface area is 163 Å². The maximum atomic E-state index is 11.8. The summed E-state index contributed by atoms with van der Waals surface area (Å²) in [5.41, 5.74) is 1.91. The molecule has 0 aliphatic rings. The Morgan fingerprint density at radius 2 is 2.00 bits per heavy atom. The Morgan fingerprint density at radius 3 is 2.67 bits per heavy atom. The summed E-state index contributed by atoms with van der Waals surface area (Å²) in [6, 6.07) is 10.6. The van der Waals surface area contributed by atoms with Gasteiger partial charge in [-0.25, -0.2) is 4.79 Å². The topological polar surface area (TPSA) is 70.6 Å². The predicted octanol–water partition coefficient (Wildman–Crippen LogP) is 4.31. The Bertz CT molecular complexity index is 713. The molecule has 0 fully saturated rings. The van der Waals surface area contributed by atoms with E-state index in [0.717, 1.165) is 11.1 Å². The lowest BCUT2D eigenvalue weighted by Gasteiger charge is -2.10. The first-order valence-electron chi connectivity index (χ1n) is 6.95. The fourth-order valence-corrected chi connectivity index (χ4v) is 3.27. The predicted molar refractivity (Wildman–Crippen MR) is 105 cm³/mol. The van der Waals surface area contributed by atoms with Crippen LogP contribution >= 0.6 is 46.1 Å². The summed E-state index contributed by atoms with van der Waals surface area (Å²) >= 11 is 9.12. The maximum Gasteiger partial charge on any atom is 0.325 e. The van der Waals surface area contributed by atoms with E-state index in [-0.39, 0.29) is 11.8 Å². The highest BCUT2D eigenvalue weighted by molar-refractivity contribution is 14.1. The number of methoxy groups -OCH3 is 1. The number of phenolic OH excluding ortho intramolecular Hbond substituents is 1. The first-order chi connectivity index (χ1) is 11.5. The van der Waals surface area contributed by atoms with Gasteiger partial charge in [0.05, 0.1) is 10.7 Å². The molecule has 24 heavy (non-hydrogen) atoms. The molecule has 2 rings (SSSR count). The zero-order valence-corrected chi connectivity index (χ0v) is 16.5. The Balaban J connectivity index is 1.78. The average molecular weight is 479 g/mol. The van der Waals surface area contributed by atoms with E-state index >= 15 is 0 Å². The second-order valence-corrected chi connectivity index (χ2v) is 7.21. The first kappa shape index (κ1) is 19.0. The van der Waals surface area contributed by atoms with E-state index in [0.29, 0.717) is 26.6 Å². The zero-order chi connectivity index (χ0) is 17.5. The fourth-order valence-electron chi connectivity index (χ4n) is 1.87. The number of urea groups is 1. The number of ether oxygens (including phenoxy) is 1. The number of carbonyl (C=O) groups is 1. The summed E-state index contributed by atoms with van der Waals surface area (Å²) in [7, 11) is 1.50. The molecule has 0 saturated carbocycles. The molecule has 2 aromatic rings. The number of rotatable bonds is 6. The van der Waals surface area contributed by atoms with Crippen molar-refractivity contribution in [3.63, 3.8) is 0 Å². The van der Waals surface area contributed by atoms with Crippen molar-refractivity contribution in [3.8, 4) is 11.5 Å². The van der Waals surface area contributed by atoms with Crippen molar-refractivity contribution in [3.05, 3.63) is 56.1 Å². The Kier molecular flexibility index (Phi) is 7.32. The van der Waals surface area contributed by atoms with Crippen LogP contribution in [0.3, 0.4) is 0 Å². The first-order valence-corrected chi connectivity index (χ1v) is 9.39. The largest absolute Gasteiger partial charge is 0.504 e. The van der Waals surface area contributed by atoms with E-state index in [9.17, 15) is 9.90 Å². The van der Waals surface area contributed by atoms with E-state index in [4.69, 9.17) is 16.3 Å². The van der Waals surface area contributed by atoms with Crippen molar-refractivity contribution in [1.82, 2.24) is 10.0 Å². The second kappa shape index (κ2) is 9.24. The minimum atomic E-state index is -0.268. The molecule has 2 amide bonds. The van der Waals surface area contributed by atoms with Gasteiger partial charge in [0.25, 0.3) is 0 Å². The van der Waals surface area contributed by atoms with E-state index < -0.39 is 0 Å². The van der Waals surface area contributed by atoms with Gasteiger partial charge in [-0.3, -0.25) is 4.72 Å². The number of nitrogens with one attached hydrogen (secondary N) is 2. The molecular weight excluding hydrogens is 463 g/mol. The van der Waals surface area contributed by atoms with Gasteiger partial charge < -0.3 is 15.2 Å². The van der Waals surface area contributed by atoms with Crippen LogP contribution in [-0.4, -0.2) is 18.2 Å². The number of hydrogen-bond donors (Lipinski definition) is 3. The quantitative estimate of drug-likeness (QED) is 0.427. The second-order valence-electron chi connectivity index (χ2n) is 4.83. The number of aromatic hydroxyl groups is 1. The number of carbonyl (C=O) groups excluding carboxylic acids is 1. The highest BCUT2D eigenvalue weighted by Gasteiger charge is 2.09. The maximum absolute atomic E-state index is 11.8. The molecule has 0 bridgehead atoms. The fraction of sp³-hybridized carbons (Fsp3) is 0.188. The Morgan fingerprint density at radius 1 is 1.29 bits per heavy atom. The van der Waals surface area contributed by atoms with Gasteiger partial charge in [0.2, 0.25) is 0 Å². The number of hydrogen-bond acceptors (Lipinski definition) is 4. The van der Waals surface area contributed by atoms with E-state index in [1.807, 2.05) is 40.8 Å². The molecule has 0 aliphatic heterocycles. The molecule has 128 valence electrons. The van der Waals surface area contributed by atoms with Gasteiger partial charge >= 0.3 is 6.03 Å². The lowest BCUT2D eigenvalue weighted by molar-refractivity contribution is 0.246. The van der Waals surface area contributed by atoms with Crippen LogP contribution in [-0.2, 0) is 12.3 Å². The minimum absolute atomic E-state index is 0.125. The van der Waals surface area contributed by atoms with Gasteiger partial charge in [-0.05, 0) is 69.9 Å². The van der Waals surface area contributed by atoms with Crippen molar-refractivity contribution >= 4 is 52.2 Å². The van der Waals surface area contributed by atoms with Crippen LogP contribution in [0.25, 0.3) is 0 Å². The normalized spacial score (nSPS) is 10.3. The number of benzene rings is 2. The van der Waals surface area contributed by atoms with Crippen LogP contribution in [0.4, 0.5) is 4.79 Å². The molecule has 0 aromatic heterocycles. The van der Waals surface area contributed by atoms with Crippen molar-refractivity contribution in [2.45, 2.75) is 12.3 Å². The van der Waals surface area contributed by atoms with E-state index in [1.54, 1.807) is 18.2 Å². The van der Waals surface area contributed by atoms with Gasteiger partial charge in [-0.2, -0.15) is 0 Å². The van der Waals surface area contributed by atoms with Crippen molar-refractivity contribution in [2.75, 3.05) is 7.11 Å². The average Bonchev–Trinajstić information content (AvgIpc) is 2.57. The van der Waals surface area contributed by atoms with Crippen LogP contribution in [0.15, 0.2) is 36.4 Å². The molecule has 0 radical (unpaired) electrons. The number of halogens is 2. The lowest BCUT2D eigenvalue weighted by Crippen LogP contribution is -2.30. The molecule has 0 atom stereocenters.